The van der Waals surface area contributed by atoms with Crippen LogP contribution in [-0.2, 0) is 4.79 Å². The first-order valence-corrected chi connectivity index (χ1v) is 5.37. The number of hydrogen-bond donors (Lipinski definition) is 1. The van der Waals surface area contributed by atoms with Crippen molar-refractivity contribution in [1.82, 2.24) is 10.2 Å². The lowest BCUT2D eigenvalue weighted by atomic mass is 9.87. The van der Waals surface area contributed by atoms with Crippen molar-refractivity contribution in [1.29, 1.82) is 0 Å². The van der Waals surface area contributed by atoms with Gasteiger partial charge in [0.25, 0.3) is 0 Å². The number of carbonyl (C=O) groups is 1. The van der Waals surface area contributed by atoms with E-state index in [1.165, 1.54) is 0 Å². The number of rotatable bonds is 5. The molecule has 0 heterocycles. The SMILES string of the molecule is C=C(C(=O)NCCCN(C)C)C(C)(C)C. The van der Waals surface area contributed by atoms with Gasteiger partial charge in [-0.15, -0.1) is 0 Å². The predicted molar refractivity (Wildman–Crippen MR) is 64.8 cm³/mol. The first-order chi connectivity index (χ1) is 6.75. The maximum Gasteiger partial charge on any atom is 0.247 e. The van der Waals surface area contributed by atoms with Gasteiger partial charge in [-0.3, -0.25) is 4.79 Å². The summed E-state index contributed by atoms with van der Waals surface area (Å²) in [4.78, 5) is 13.7. The summed E-state index contributed by atoms with van der Waals surface area (Å²) in [5.74, 6) is -0.0266. The fourth-order valence-electron chi connectivity index (χ4n) is 1.04. The van der Waals surface area contributed by atoms with Crippen molar-refractivity contribution < 1.29 is 4.79 Å². The first kappa shape index (κ1) is 14.2. The van der Waals surface area contributed by atoms with Crippen LogP contribution in [0.3, 0.4) is 0 Å². The maximum atomic E-state index is 11.6. The molecule has 1 N–H and O–H groups in total. The molecule has 0 aliphatic heterocycles. The number of carbonyl (C=O) groups excluding carboxylic acids is 1. The van der Waals surface area contributed by atoms with Gasteiger partial charge in [-0.1, -0.05) is 27.4 Å². The van der Waals surface area contributed by atoms with Gasteiger partial charge in [0.1, 0.15) is 0 Å². The van der Waals surface area contributed by atoms with Gasteiger partial charge in [0.15, 0.2) is 0 Å². The molecular formula is C12H24N2O. The average Bonchev–Trinajstić information content (AvgIpc) is 2.09. The second-order valence-corrected chi connectivity index (χ2v) is 5.14. The summed E-state index contributed by atoms with van der Waals surface area (Å²) in [6, 6.07) is 0. The molecule has 0 spiro atoms. The zero-order chi connectivity index (χ0) is 12.1. The van der Waals surface area contributed by atoms with E-state index in [0.29, 0.717) is 12.1 Å². The van der Waals surface area contributed by atoms with Gasteiger partial charge in [-0.05, 0) is 32.5 Å². The minimum atomic E-state index is -0.147. The second-order valence-electron chi connectivity index (χ2n) is 5.14. The summed E-state index contributed by atoms with van der Waals surface area (Å²) in [5.41, 5.74) is 0.499. The van der Waals surface area contributed by atoms with E-state index < -0.39 is 0 Å². The molecule has 1 amide bonds. The van der Waals surface area contributed by atoms with Crippen LogP contribution in [-0.4, -0.2) is 38.0 Å². The smallest absolute Gasteiger partial charge is 0.247 e. The van der Waals surface area contributed by atoms with Gasteiger partial charge >= 0.3 is 0 Å². The topological polar surface area (TPSA) is 32.3 Å². The molecule has 0 atom stereocenters. The lowest BCUT2D eigenvalue weighted by Crippen LogP contribution is -2.32. The van der Waals surface area contributed by atoms with Crippen LogP contribution in [0.15, 0.2) is 12.2 Å². The molecule has 0 aliphatic carbocycles. The monoisotopic (exact) mass is 212 g/mol. The number of amides is 1. The third-order valence-corrected chi connectivity index (χ3v) is 2.25. The molecule has 0 aliphatic rings. The predicted octanol–water partition coefficient (Wildman–Crippen LogP) is 1.66. The van der Waals surface area contributed by atoms with Crippen molar-refractivity contribution in [3.63, 3.8) is 0 Å². The third kappa shape index (κ3) is 6.28. The minimum absolute atomic E-state index is 0.0266. The van der Waals surface area contributed by atoms with Crippen LogP contribution < -0.4 is 5.32 Å². The van der Waals surface area contributed by atoms with Gasteiger partial charge in [-0.25, -0.2) is 0 Å². The number of nitrogens with one attached hydrogen (secondary N) is 1. The fraction of sp³-hybridized carbons (Fsp3) is 0.750. The quantitative estimate of drug-likeness (QED) is 0.555. The highest BCUT2D eigenvalue weighted by Gasteiger charge is 2.20. The Morgan fingerprint density at radius 1 is 1.33 bits per heavy atom. The first-order valence-electron chi connectivity index (χ1n) is 5.37. The van der Waals surface area contributed by atoms with E-state index in [1.54, 1.807) is 0 Å². The molecule has 0 fully saturated rings. The molecule has 0 aromatic heterocycles. The van der Waals surface area contributed by atoms with Crippen LogP contribution in [0.25, 0.3) is 0 Å². The zero-order valence-corrected chi connectivity index (χ0v) is 10.7. The van der Waals surface area contributed by atoms with Gasteiger partial charge in [-0.2, -0.15) is 0 Å². The van der Waals surface area contributed by atoms with Gasteiger partial charge in [0, 0.05) is 12.1 Å². The van der Waals surface area contributed by atoms with Crippen molar-refractivity contribution in [2.75, 3.05) is 27.2 Å². The Hall–Kier alpha value is -0.830. The highest BCUT2D eigenvalue weighted by Crippen LogP contribution is 2.23. The molecule has 0 radical (unpaired) electrons. The van der Waals surface area contributed by atoms with Crippen molar-refractivity contribution >= 4 is 5.91 Å². The van der Waals surface area contributed by atoms with Gasteiger partial charge in [0.2, 0.25) is 5.91 Å². The Labute approximate surface area is 93.5 Å². The molecule has 0 unspecified atom stereocenters. The molecule has 3 nitrogen and oxygen atoms in total. The van der Waals surface area contributed by atoms with E-state index in [0.717, 1.165) is 13.0 Å². The fourth-order valence-corrected chi connectivity index (χ4v) is 1.04. The Morgan fingerprint density at radius 2 is 1.87 bits per heavy atom. The van der Waals surface area contributed by atoms with Crippen LogP contribution in [0.2, 0.25) is 0 Å². The molecule has 0 aromatic rings. The van der Waals surface area contributed by atoms with Crippen molar-refractivity contribution in [2.45, 2.75) is 27.2 Å². The summed E-state index contributed by atoms with van der Waals surface area (Å²) in [6.45, 7) is 11.5. The summed E-state index contributed by atoms with van der Waals surface area (Å²) in [6.07, 6.45) is 0.968. The molecule has 88 valence electrons. The Morgan fingerprint density at radius 3 is 2.27 bits per heavy atom. The molecule has 15 heavy (non-hydrogen) atoms. The van der Waals surface area contributed by atoms with Crippen LogP contribution in [0.5, 0.6) is 0 Å². The second kappa shape index (κ2) is 5.91. The van der Waals surface area contributed by atoms with E-state index in [2.05, 4.69) is 16.8 Å². The number of hydrogen-bond acceptors (Lipinski definition) is 2. The van der Waals surface area contributed by atoms with E-state index >= 15 is 0 Å². The molecular weight excluding hydrogens is 188 g/mol. The summed E-state index contributed by atoms with van der Waals surface area (Å²) >= 11 is 0. The maximum absolute atomic E-state index is 11.6. The van der Waals surface area contributed by atoms with E-state index in [-0.39, 0.29) is 11.3 Å². The highest BCUT2D eigenvalue weighted by atomic mass is 16.1. The van der Waals surface area contributed by atoms with Gasteiger partial charge < -0.3 is 10.2 Å². The number of nitrogens with zero attached hydrogens (tertiary/aromatic N) is 1. The molecule has 0 saturated heterocycles. The van der Waals surface area contributed by atoms with Gasteiger partial charge in [0.05, 0.1) is 0 Å². The van der Waals surface area contributed by atoms with Crippen LogP contribution in [0.4, 0.5) is 0 Å². The standard InChI is InChI=1S/C12H24N2O/c1-10(12(2,3)4)11(15)13-8-7-9-14(5)6/h1,7-9H2,2-6H3,(H,13,15). The van der Waals surface area contributed by atoms with Crippen molar-refractivity contribution in [3.05, 3.63) is 12.2 Å². The molecule has 0 rings (SSSR count). The van der Waals surface area contributed by atoms with Crippen LogP contribution in [0, 0.1) is 5.41 Å². The summed E-state index contributed by atoms with van der Waals surface area (Å²) in [7, 11) is 4.05. The van der Waals surface area contributed by atoms with Crippen LogP contribution in [0.1, 0.15) is 27.2 Å². The molecule has 0 aromatic carbocycles. The van der Waals surface area contributed by atoms with Crippen LogP contribution >= 0.6 is 0 Å². The minimum Gasteiger partial charge on any atom is -0.352 e. The Kier molecular flexibility index (Phi) is 5.58. The lowest BCUT2D eigenvalue weighted by molar-refractivity contribution is -0.118. The Balaban J connectivity index is 3.81. The average molecular weight is 212 g/mol. The zero-order valence-electron chi connectivity index (χ0n) is 10.7. The van der Waals surface area contributed by atoms with Crippen molar-refractivity contribution in [2.24, 2.45) is 5.41 Å². The largest absolute Gasteiger partial charge is 0.352 e. The summed E-state index contributed by atoms with van der Waals surface area (Å²) in [5, 5.41) is 2.88. The van der Waals surface area contributed by atoms with Crippen molar-refractivity contribution in [3.8, 4) is 0 Å². The Bertz CT molecular complexity index is 226. The molecule has 3 heteroatoms. The third-order valence-electron chi connectivity index (χ3n) is 2.25. The highest BCUT2D eigenvalue weighted by molar-refractivity contribution is 5.93. The summed E-state index contributed by atoms with van der Waals surface area (Å²) < 4.78 is 0. The normalized spacial score (nSPS) is 11.6. The van der Waals surface area contributed by atoms with E-state index in [1.807, 2.05) is 34.9 Å². The molecule has 0 saturated carbocycles. The molecule has 0 bridgehead atoms. The van der Waals surface area contributed by atoms with E-state index in [4.69, 9.17) is 0 Å². The van der Waals surface area contributed by atoms with E-state index in [9.17, 15) is 4.79 Å². The lowest BCUT2D eigenvalue weighted by Gasteiger charge is -2.21.